The standard InChI is InChI=1S/C69H66BN3O/c1-43-17-26-49(27-18-43)71(50-28-19-44(2)20-29-50)53-34-35-56-62(42-53)74-63-41-48(68(8,9)10)40-61-66(63)70(56)57-39-47(67(5,6)7)25-36-58(57)73(61)59-37-38-60(65-64(59)54-15-13-14-16-55(54)69(65,11)12)72(51-30-21-45(3)22-31-51)52-32-23-46(4)24-33-52/h13-42H,1-12H3. The predicted molar refractivity (Wildman–Crippen MR) is 316 cm³/mol. The molecule has 0 amide bonds. The number of fused-ring (bicyclic) bond motifs is 7. The molecule has 0 bridgehead atoms. The second kappa shape index (κ2) is 17.2. The van der Waals surface area contributed by atoms with E-state index in [0.29, 0.717) is 0 Å². The molecular weight excluding hydrogens is 898 g/mol. The summed E-state index contributed by atoms with van der Waals surface area (Å²) in [6.07, 6.45) is 0. The van der Waals surface area contributed by atoms with Gasteiger partial charge in [-0.3, -0.25) is 0 Å². The summed E-state index contributed by atoms with van der Waals surface area (Å²) in [4.78, 5) is 7.44. The maximum atomic E-state index is 7.44. The molecule has 0 saturated carbocycles. The molecular formula is C69H66BN3O. The first-order valence-electron chi connectivity index (χ1n) is 26.4. The lowest BCUT2D eigenvalue weighted by Crippen LogP contribution is -2.59. The molecule has 4 nitrogen and oxygen atoms in total. The third kappa shape index (κ3) is 7.74. The highest BCUT2D eigenvalue weighted by molar-refractivity contribution is 6.99. The van der Waals surface area contributed by atoms with Gasteiger partial charge in [-0.05, 0) is 168 Å². The third-order valence-electron chi connectivity index (χ3n) is 16.1. The molecule has 0 N–H and O–H groups in total. The fraction of sp³-hybridized carbons (Fsp3) is 0.217. The van der Waals surface area contributed by atoms with Gasteiger partial charge in [0.05, 0.1) is 11.4 Å². The molecule has 9 aromatic carbocycles. The summed E-state index contributed by atoms with van der Waals surface area (Å²) in [5, 5.41) is 0. The van der Waals surface area contributed by atoms with Crippen molar-refractivity contribution in [1.82, 2.24) is 0 Å². The fourth-order valence-electron chi connectivity index (χ4n) is 11.9. The highest BCUT2D eigenvalue weighted by Crippen LogP contribution is 2.59. The quantitative estimate of drug-likeness (QED) is 0.148. The van der Waals surface area contributed by atoms with E-state index in [-0.39, 0.29) is 23.0 Å². The second-order valence-corrected chi connectivity index (χ2v) is 23.8. The van der Waals surface area contributed by atoms with Crippen LogP contribution in [0.2, 0.25) is 0 Å². The smallest absolute Gasteiger partial charge is 0.256 e. The average Bonchev–Trinajstić information content (AvgIpc) is 3.66. The van der Waals surface area contributed by atoms with Gasteiger partial charge in [0.1, 0.15) is 11.5 Å². The molecule has 5 heteroatoms. The number of benzene rings is 9. The zero-order chi connectivity index (χ0) is 51.6. The number of aryl methyl sites for hydroxylation is 4. The van der Waals surface area contributed by atoms with E-state index >= 15 is 0 Å². The Balaban J connectivity index is 1.12. The Hall–Kier alpha value is -7.76. The maximum Gasteiger partial charge on any atom is 0.256 e. The molecule has 2 aliphatic heterocycles. The molecule has 74 heavy (non-hydrogen) atoms. The number of hydrogen-bond donors (Lipinski definition) is 0. The van der Waals surface area contributed by atoms with Gasteiger partial charge in [-0.15, -0.1) is 0 Å². The minimum atomic E-state index is -0.334. The molecule has 0 unspecified atom stereocenters. The van der Waals surface area contributed by atoms with Crippen LogP contribution in [0.15, 0.2) is 182 Å². The summed E-state index contributed by atoms with van der Waals surface area (Å²) in [7, 11) is 0. The van der Waals surface area contributed by atoms with Crippen molar-refractivity contribution in [2.75, 3.05) is 14.7 Å². The van der Waals surface area contributed by atoms with Crippen LogP contribution in [0, 0.1) is 27.7 Å². The Morgan fingerprint density at radius 2 is 0.959 bits per heavy atom. The van der Waals surface area contributed by atoms with E-state index < -0.39 is 0 Å². The van der Waals surface area contributed by atoms with Crippen molar-refractivity contribution in [2.24, 2.45) is 0 Å². The predicted octanol–water partition coefficient (Wildman–Crippen LogP) is 17.2. The highest BCUT2D eigenvalue weighted by atomic mass is 16.5. The number of ether oxygens (including phenoxy) is 1. The molecule has 366 valence electrons. The van der Waals surface area contributed by atoms with Crippen LogP contribution in [0.1, 0.15) is 99.9 Å². The van der Waals surface area contributed by atoms with Crippen molar-refractivity contribution in [3.8, 4) is 22.6 Å². The van der Waals surface area contributed by atoms with Gasteiger partial charge in [0.15, 0.2) is 0 Å². The van der Waals surface area contributed by atoms with E-state index in [0.717, 1.165) is 45.6 Å². The highest BCUT2D eigenvalue weighted by Gasteiger charge is 2.47. The van der Waals surface area contributed by atoms with E-state index in [9.17, 15) is 0 Å². The van der Waals surface area contributed by atoms with Gasteiger partial charge in [-0.1, -0.05) is 169 Å². The number of hydrogen-bond acceptors (Lipinski definition) is 4. The molecule has 0 radical (unpaired) electrons. The molecule has 1 aliphatic carbocycles. The molecule has 2 heterocycles. The molecule has 0 spiro atoms. The van der Waals surface area contributed by atoms with Crippen LogP contribution < -0.4 is 35.8 Å². The van der Waals surface area contributed by atoms with Gasteiger partial charge in [0, 0.05) is 56.9 Å². The van der Waals surface area contributed by atoms with Crippen LogP contribution in [0.4, 0.5) is 51.2 Å². The molecule has 0 atom stereocenters. The van der Waals surface area contributed by atoms with Gasteiger partial charge in [-0.25, -0.2) is 0 Å². The van der Waals surface area contributed by atoms with Gasteiger partial charge in [-0.2, -0.15) is 0 Å². The van der Waals surface area contributed by atoms with Crippen LogP contribution in [-0.2, 0) is 16.2 Å². The largest absolute Gasteiger partial charge is 0.458 e. The first kappa shape index (κ1) is 47.3. The Morgan fingerprint density at radius 3 is 1.51 bits per heavy atom. The molecule has 0 saturated heterocycles. The van der Waals surface area contributed by atoms with Crippen LogP contribution in [0.3, 0.4) is 0 Å². The van der Waals surface area contributed by atoms with E-state index in [1.807, 2.05) is 0 Å². The molecule has 0 aromatic heterocycles. The van der Waals surface area contributed by atoms with Crippen molar-refractivity contribution in [3.05, 3.63) is 226 Å². The first-order chi connectivity index (χ1) is 35.3. The number of anilines is 9. The second-order valence-electron chi connectivity index (χ2n) is 23.8. The first-order valence-corrected chi connectivity index (χ1v) is 26.4. The summed E-state index contributed by atoms with van der Waals surface area (Å²) in [6, 6.07) is 68.6. The lowest BCUT2D eigenvalue weighted by Gasteiger charge is -2.43. The summed E-state index contributed by atoms with van der Waals surface area (Å²) in [6.45, 7) is 27.3. The van der Waals surface area contributed by atoms with Gasteiger partial charge < -0.3 is 19.4 Å². The molecule has 9 aromatic rings. The van der Waals surface area contributed by atoms with E-state index in [4.69, 9.17) is 4.74 Å². The van der Waals surface area contributed by atoms with Crippen molar-refractivity contribution in [3.63, 3.8) is 0 Å². The maximum absolute atomic E-state index is 7.44. The zero-order valence-corrected chi connectivity index (χ0v) is 45.1. The van der Waals surface area contributed by atoms with Gasteiger partial charge in [0.25, 0.3) is 6.71 Å². The fourth-order valence-corrected chi connectivity index (χ4v) is 11.9. The van der Waals surface area contributed by atoms with Crippen molar-refractivity contribution in [1.29, 1.82) is 0 Å². The minimum Gasteiger partial charge on any atom is -0.458 e. The summed E-state index contributed by atoms with van der Waals surface area (Å²) in [5.74, 6) is 1.80. The zero-order valence-electron chi connectivity index (χ0n) is 45.1. The van der Waals surface area contributed by atoms with Gasteiger partial charge in [0.2, 0.25) is 0 Å². The lowest BCUT2D eigenvalue weighted by molar-refractivity contribution is 0.483. The summed E-state index contributed by atoms with van der Waals surface area (Å²) in [5.41, 5.74) is 25.9. The average molecular weight is 964 g/mol. The Bertz CT molecular complexity index is 3580. The normalized spacial score (nSPS) is 13.8. The number of nitrogens with zero attached hydrogens (tertiary/aromatic N) is 3. The molecule has 3 aliphatic rings. The van der Waals surface area contributed by atoms with Crippen LogP contribution >= 0.6 is 0 Å². The number of rotatable bonds is 7. The summed E-state index contributed by atoms with van der Waals surface area (Å²) >= 11 is 0. The van der Waals surface area contributed by atoms with Gasteiger partial charge >= 0.3 is 0 Å². The Morgan fingerprint density at radius 1 is 0.446 bits per heavy atom. The molecule has 0 fully saturated rings. The van der Waals surface area contributed by atoms with Crippen LogP contribution in [-0.4, -0.2) is 6.71 Å². The molecule has 12 rings (SSSR count). The monoisotopic (exact) mass is 964 g/mol. The van der Waals surface area contributed by atoms with Crippen molar-refractivity contribution in [2.45, 2.75) is 99.3 Å². The van der Waals surface area contributed by atoms with Crippen molar-refractivity contribution >= 4 is 74.3 Å². The van der Waals surface area contributed by atoms with Crippen LogP contribution in [0.25, 0.3) is 11.1 Å². The summed E-state index contributed by atoms with van der Waals surface area (Å²) < 4.78 is 7.44. The Kier molecular flexibility index (Phi) is 11.0. The van der Waals surface area contributed by atoms with Crippen LogP contribution in [0.5, 0.6) is 11.5 Å². The van der Waals surface area contributed by atoms with Crippen molar-refractivity contribution < 1.29 is 4.74 Å². The van der Waals surface area contributed by atoms with E-state index in [1.165, 1.54) is 89.1 Å². The SMILES string of the molecule is Cc1ccc(N(c2ccc(C)cc2)c2ccc3c(c2)Oc2cc(C(C)(C)C)cc4c2B3c2cc(C(C)(C)C)ccc2N4c2ccc(N(c3ccc(C)cc3)c3ccc(C)cc3)c3c2-c2ccccc2C3(C)C)cc1. The van der Waals surface area contributed by atoms with E-state index in [2.05, 4.69) is 280 Å². The Labute approximate surface area is 440 Å². The lowest BCUT2D eigenvalue weighted by atomic mass is 9.34. The topological polar surface area (TPSA) is 19.0 Å². The third-order valence-corrected chi connectivity index (χ3v) is 16.1. The minimum absolute atomic E-state index is 0.0813. The van der Waals surface area contributed by atoms with E-state index in [1.54, 1.807) is 0 Å².